The van der Waals surface area contributed by atoms with Crippen molar-refractivity contribution in [1.82, 2.24) is 4.90 Å². The highest BCUT2D eigenvalue weighted by Crippen LogP contribution is 2.38. The number of ether oxygens (including phenoxy) is 2. The zero-order valence-corrected chi connectivity index (χ0v) is 12.3. The van der Waals surface area contributed by atoms with Crippen molar-refractivity contribution in [2.75, 3.05) is 26.8 Å². The van der Waals surface area contributed by atoms with E-state index in [0.29, 0.717) is 13.0 Å². The zero-order chi connectivity index (χ0) is 14.2. The maximum atomic E-state index is 12.2. The van der Waals surface area contributed by atoms with E-state index >= 15 is 0 Å². The molecule has 5 nitrogen and oxygen atoms in total. The largest absolute Gasteiger partial charge is 0.389 e. The van der Waals surface area contributed by atoms with E-state index in [1.54, 1.807) is 7.11 Å². The summed E-state index contributed by atoms with van der Waals surface area (Å²) in [5.74, 6) is 0.100. The Labute approximate surface area is 120 Å². The van der Waals surface area contributed by atoms with Crippen molar-refractivity contribution in [1.29, 1.82) is 0 Å². The maximum absolute atomic E-state index is 12.2. The van der Waals surface area contributed by atoms with E-state index in [-0.39, 0.29) is 17.6 Å². The monoisotopic (exact) mass is 283 g/mol. The summed E-state index contributed by atoms with van der Waals surface area (Å²) in [6.45, 7) is 2.15. The van der Waals surface area contributed by atoms with Gasteiger partial charge >= 0.3 is 0 Å². The molecule has 1 saturated carbocycles. The smallest absolute Gasteiger partial charge is 0.225 e. The first kappa shape index (κ1) is 14.3. The minimum atomic E-state index is -0.711. The van der Waals surface area contributed by atoms with Gasteiger partial charge in [-0.15, -0.1) is 0 Å². The summed E-state index contributed by atoms with van der Waals surface area (Å²) < 4.78 is 11.3. The number of likely N-dealkylation sites (tertiary alicyclic amines) is 1. The van der Waals surface area contributed by atoms with E-state index < -0.39 is 5.60 Å². The van der Waals surface area contributed by atoms with Crippen LogP contribution in [-0.2, 0) is 14.3 Å². The number of piperidine rings is 1. The lowest BCUT2D eigenvalue weighted by Gasteiger charge is -2.41. The highest BCUT2D eigenvalue weighted by molar-refractivity contribution is 5.77. The summed E-state index contributed by atoms with van der Waals surface area (Å²) in [6, 6.07) is 0. The Morgan fingerprint density at radius 3 is 2.55 bits per heavy atom. The third-order valence-corrected chi connectivity index (χ3v) is 5.30. The van der Waals surface area contributed by atoms with Crippen molar-refractivity contribution in [3.05, 3.63) is 0 Å². The fraction of sp³-hybridized carbons (Fsp3) is 0.933. The molecule has 1 amide bonds. The molecule has 0 aromatic rings. The number of rotatable bonds is 3. The average molecular weight is 283 g/mol. The van der Waals surface area contributed by atoms with E-state index in [0.717, 1.165) is 51.6 Å². The lowest BCUT2D eigenvalue weighted by Crippen LogP contribution is -2.49. The van der Waals surface area contributed by atoms with Gasteiger partial charge in [-0.05, 0) is 32.1 Å². The molecule has 3 fully saturated rings. The van der Waals surface area contributed by atoms with E-state index in [4.69, 9.17) is 9.47 Å². The van der Waals surface area contributed by atoms with Crippen LogP contribution in [0, 0.1) is 0 Å². The number of amides is 1. The molecule has 1 N–H and O–H groups in total. The molecule has 2 aliphatic heterocycles. The molecular formula is C15H25NO4. The molecule has 0 aromatic carbocycles. The fourth-order valence-electron chi connectivity index (χ4n) is 3.62. The van der Waals surface area contributed by atoms with Gasteiger partial charge in [-0.3, -0.25) is 4.79 Å². The second-order valence-corrected chi connectivity index (χ2v) is 6.69. The number of aliphatic hydroxyl groups is 1. The first-order valence-electron chi connectivity index (χ1n) is 7.71. The summed E-state index contributed by atoms with van der Waals surface area (Å²) in [4.78, 5) is 14.1. The fourth-order valence-corrected chi connectivity index (χ4v) is 3.62. The second-order valence-electron chi connectivity index (χ2n) is 6.69. The minimum Gasteiger partial charge on any atom is -0.389 e. The highest BCUT2D eigenvalue weighted by atomic mass is 16.6. The molecule has 3 aliphatic rings. The Balaban J connectivity index is 1.50. The Morgan fingerprint density at radius 1 is 1.35 bits per heavy atom. The van der Waals surface area contributed by atoms with Gasteiger partial charge in [0.15, 0.2) is 0 Å². The average Bonchev–Trinajstić information content (AvgIpc) is 2.81. The van der Waals surface area contributed by atoms with Crippen molar-refractivity contribution in [3.63, 3.8) is 0 Å². The van der Waals surface area contributed by atoms with Crippen molar-refractivity contribution < 1.29 is 19.4 Å². The molecule has 1 unspecified atom stereocenters. The lowest BCUT2D eigenvalue weighted by molar-refractivity contribution is -0.144. The zero-order valence-electron chi connectivity index (χ0n) is 12.3. The molecule has 0 bridgehead atoms. The lowest BCUT2D eigenvalue weighted by atomic mass is 9.77. The number of carbonyl (C=O) groups excluding carboxylic acids is 1. The van der Waals surface area contributed by atoms with Crippen LogP contribution in [0.15, 0.2) is 0 Å². The van der Waals surface area contributed by atoms with Gasteiger partial charge in [0.2, 0.25) is 5.91 Å². The van der Waals surface area contributed by atoms with Gasteiger partial charge in [-0.2, -0.15) is 0 Å². The topological polar surface area (TPSA) is 59.0 Å². The predicted molar refractivity (Wildman–Crippen MR) is 73.3 cm³/mol. The van der Waals surface area contributed by atoms with Crippen molar-refractivity contribution in [3.8, 4) is 0 Å². The van der Waals surface area contributed by atoms with E-state index in [9.17, 15) is 9.90 Å². The normalized spacial score (nSPS) is 31.3. The Bertz CT molecular complexity index is 372. The molecule has 2 saturated heterocycles. The van der Waals surface area contributed by atoms with Crippen LogP contribution in [0.2, 0.25) is 0 Å². The molecule has 0 radical (unpaired) electrons. The van der Waals surface area contributed by atoms with Crippen LogP contribution in [0.4, 0.5) is 0 Å². The van der Waals surface area contributed by atoms with Gasteiger partial charge in [0, 0.05) is 26.6 Å². The number of carbonyl (C=O) groups is 1. The third-order valence-electron chi connectivity index (χ3n) is 5.30. The van der Waals surface area contributed by atoms with Gasteiger partial charge in [-0.25, -0.2) is 0 Å². The third kappa shape index (κ3) is 2.71. The van der Waals surface area contributed by atoms with Crippen LogP contribution in [0.25, 0.3) is 0 Å². The molecule has 2 heterocycles. The van der Waals surface area contributed by atoms with Crippen molar-refractivity contribution >= 4 is 5.91 Å². The second kappa shape index (κ2) is 5.28. The summed E-state index contributed by atoms with van der Waals surface area (Å²) in [7, 11) is 1.73. The van der Waals surface area contributed by atoms with Gasteiger partial charge < -0.3 is 19.5 Å². The van der Waals surface area contributed by atoms with Gasteiger partial charge in [0.25, 0.3) is 0 Å². The number of hydrogen-bond donors (Lipinski definition) is 1. The molecule has 20 heavy (non-hydrogen) atoms. The summed E-state index contributed by atoms with van der Waals surface area (Å²) in [6.07, 6.45) is 5.79. The van der Waals surface area contributed by atoms with Gasteiger partial charge in [0.1, 0.15) is 0 Å². The molecule has 1 aliphatic carbocycles. The molecule has 3 rings (SSSR count). The van der Waals surface area contributed by atoms with Crippen LogP contribution in [0.5, 0.6) is 0 Å². The van der Waals surface area contributed by atoms with Crippen LogP contribution in [0.1, 0.15) is 44.9 Å². The molecule has 1 atom stereocenters. The number of methoxy groups -OCH3 is 1. The standard InChI is InChI=1S/C15H25NO4/c1-19-12-9-15(20-11-12)5-7-16(8-6-15)13(17)10-14(18)3-2-4-14/h12,18H,2-11H2,1H3. The Morgan fingerprint density at radius 2 is 2.05 bits per heavy atom. The molecule has 114 valence electrons. The maximum Gasteiger partial charge on any atom is 0.225 e. The van der Waals surface area contributed by atoms with Crippen LogP contribution in [-0.4, -0.2) is 60.0 Å². The molecular weight excluding hydrogens is 258 g/mol. The molecule has 5 heteroatoms. The van der Waals surface area contributed by atoms with Crippen molar-refractivity contribution in [2.45, 2.75) is 62.3 Å². The van der Waals surface area contributed by atoms with Crippen LogP contribution < -0.4 is 0 Å². The number of nitrogens with zero attached hydrogens (tertiary/aromatic N) is 1. The summed E-state index contributed by atoms with van der Waals surface area (Å²) >= 11 is 0. The van der Waals surface area contributed by atoms with Gasteiger partial charge in [-0.1, -0.05) is 0 Å². The summed E-state index contributed by atoms with van der Waals surface area (Å²) in [5.41, 5.74) is -0.790. The number of hydrogen-bond acceptors (Lipinski definition) is 4. The Kier molecular flexibility index (Phi) is 3.77. The van der Waals surface area contributed by atoms with Gasteiger partial charge in [0.05, 0.1) is 30.3 Å². The quantitative estimate of drug-likeness (QED) is 0.842. The molecule has 1 spiro atoms. The minimum absolute atomic E-state index is 0.0785. The van der Waals surface area contributed by atoms with E-state index in [1.807, 2.05) is 4.90 Å². The SMILES string of the molecule is COC1COC2(CCN(C(=O)CC3(O)CCC3)CC2)C1. The van der Waals surface area contributed by atoms with Crippen LogP contribution in [0.3, 0.4) is 0 Å². The molecule has 0 aromatic heterocycles. The van der Waals surface area contributed by atoms with Crippen LogP contribution >= 0.6 is 0 Å². The highest BCUT2D eigenvalue weighted by Gasteiger charge is 2.44. The Hall–Kier alpha value is -0.650. The summed E-state index contributed by atoms with van der Waals surface area (Å²) in [5, 5.41) is 10.1. The van der Waals surface area contributed by atoms with E-state index in [1.165, 1.54) is 0 Å². The first-order chi connectivity index (χ1) is 9.54. The van der Waals surface area contributed by atoms with Crippen molar-refractivity contribution in [2.24, 2.45) is 0 Å². The van der Waals surface area contributed by atoms with E-state index in [2.05, 4.69) is 0 Å². The first-order valence-corrected chi connectivity index (χ1v) is 7.71. The predicted octanol–water partition coefficient (Wildman–Crippen LogP) is 1.09.